The Morgan fingerprint density at radius 1 is 1.00 bits per heavy atom. The molecule has 0 amide bonds. The van der Waals surface area contributed by atoms with E-state index < -0.39 is 40.9 Å². The lowest BCUT2D eigenvalue weighted by Gasteiger charge is -2.19. The van der Waals surface area contributed by atoms with Gasteiger partial charge in [0.15, 0.2) is 11.7 Å². The zero-order valence-corrected chi connectivity index (χ0v) is 15.9. The Labute approximate surface area is 166 Å². The molecule has 0 saturated heterocycles. The second-order valence-corrected chi connectivity index (χ2v) is 5.84. The van der Waals surface area contributed by atoms with Gasteiger partial charge in [0.05, 0.1) is 32.0 Å². The highest BCUT2D eigenvalue weighted by Crippen LogP contribution is 2.23. The molecule has 150 valence electrons. The van der Waals surface area contributed by atoms with E-state index in [4.69, 9.17) is 0 Å². The summed E-state index contributed by atoms with van der Waals surface area (Å²) < 4.78 is 10.4. The monoisotopic (exact) mass is 398 g/mol. The number of nitrogens with zero attached hydrogens (tertiary/aromatic N) is 2. The third kappa shape index (κ3) is 4.70. The number of aromatic nitrogens is 2. The van der Waals surface area contributed by atoms with Crippen LogP contribution in [0.5, 0.6) is 0 Å². The summed E-state index contributed by atoms with van der Waals surface area (Å²) in [7, 11) is 1.93. The SMILES string of the molecule is COC(=O)/C(C(=O)[O-])=C(\C(=O)OC)C(C(=O)c1ccccc1)[n+]1ccc(C)nc1. The predicted molar refractivity (Wildman–Crippen MR) is 95.0 cm³/mol. The molecule has 1 aromatic heterocycles. The first-order valence-corrected chi connectivity index (χ1v) is 8.36. The van der Waals surface area contributed by atoms with Crippen molar-refractivity contribution in [3.05, 3.63) is 71.3 Å². The lowest BCUT2D eigenvalue weighted by Crippen LogP contribution is -2.48. The number of hydrogen-bond acceptors (Lipinski definition) is 8. The number of methoxy groups -OCH3 is 2. The van der Waals surface area contributed by atoms with E-state index in [9.17, 15) is 24.3 Å². The molecule has 0 aliphatic rings. The van der Waals surface area contributed by atoms with E-state index in [0.717, 1.165) is 14.2 Å². The number of carboxylic acids is 1. The van der Waals surface area contributed by atoms with Crippen molar-refractivity contribution >= 4 is 23.7 Å². The molecule has 1 aromatic carbocycles. The minimum absolute atomic E-state index is 0.176. The van der Waals surface area contributed by atoms with Crippen LogP contribution in [0.3, 0.4) is 0 Å². The molecule has 9 nitrogen and oxygen atoms in total. The van der Waals surface area contributed by atoms with E-state index in [1.54, 1.807) is 31.2 Å². The van der Waals surface area contributed by atoms with E-state index in [1.807, 2.05) is 0 Å². The van der Waals surface area contributed by atoms with E-state index in [0.29, 0.717) is 5.69 Å². The number of hydrogen-bond donors (Lipinski definition) is 0. The van der Waals surface area contributed by atoms with Gasteiger partial charge in [0.1, 0.15) is 5.57 Å². The molecular weight excluding hydrogens is 380 g/mol. The summed E-state index contributed by atoms with van der Waals surface area (Å²) in [4.78, 5) is 53.7. The molecular formula is C20H18N2O7. The summed E-state index contributed by atoms with van der Waals surface area (Å²) in [5.41, 5.74) is -1.05. The Kier molecular flexibility index (Phi) is 6.91. The number of benzene rings is 1. The van der Waals surface area contributed by atoms with E-state index in [-0.39, 0.29) is 5.56 Å². The van der Waals surface area contributed by atoms with Gasteiger partial charge in [0, 0.05) is 18.6 Å². The Balaban J connectivity index is 2.85. The minimum Gasteiger partial charge on any atom is -0.545 e. The van der Waals surface area contributed by atoms with Crippen LogP contribution < -0.4 is 9.67 Å². The Hall–Kier alpha value is -3.88. The van der Waals surface area contributed by atoms with Gasteiger partial charge in [-0.1, -0.05) is 35.3 Å². The number of esters is 2. The average molecular weight is 398 g/mol. The first kappa shape index (κ1) is 21.4. The van der Waals surface area contributed by atoms with Gasteiger partial charge in [-0.15, -0.1) is 0 Å². The predicted octanol–water partition coefficient (Wildman–Crippen LogP) is -0.506. The second kappa shape index (κ2) is 9.36. The summed E-state index contributed by atoms with van der Waals surface area (Å²) >= 11 is 0. The number of carboxylic acid groups (broad SMARTS) is 1. The van der Waals surface area contributed by atoms with Crippen molar-refractivity contribution in [1.29, 1.82) is 0 Å². The standard InChI is InChI=1S/C20H18N2O7/c1-12-9-10-22(11-21-12)16(17(23)13-7-5-4-6-8-13)14(19(26)28-2)15(18(24)25)20(27)29-3/h4-11,16H,1-3H3/b15-14-. The molecule has 2 aromatic rings. The first-order chi connectivity index (χ1) is 13.8. The fourth-order valence-electron chi connectivity index (χ4n) is 2.63. The van der Waals surface area contributed by atoms with Crippen molar-refractivity contribution in [1.82, 2.24) is 4.98 Å². The van der Waals surface area contributed by atoms with Crippen molar-refractivity contribution in [3.8, 4) is 0 Å². The Morgan fingerprint density at radius 2 is 1.62 bits per heavy atom. The number of ether oxygens (including phenoxy) is 2. The highest BCUT2D eigenvalue weighted by molar-refractivity contribution is 6.20. The van der Waals surface area contributed by atoms with Crippen LogP contribution in [-0.4, -0.2) is 42.9 Å². The zero-order valence-electron chi connectivity index (χ0n) is 15.9. The molecule has 0 fully saturated rings. The number of rotatable bonds is 7. The Bertz CT molecular complexity index is 966. The van der Waals surface area contributed by atoms with Gasteiger partial charge in [-0.3, -0.25) is 4.79 Å². The average Bonchev–Trinajstić information content (AvgIpc) is 2.73. The molecule has 0 N–H and O–H groups in total. The summed E-state index contributed by atoms with van der Waals surface area (Å²) in [6.07, 6.45) is 2.68. The molecule has 29 heavy (non-hydrogen) atoms. The van der Waals surface area contributed by atoms with Crippen LogP contribution in [-0.2, 0) is 23.9 Å². The molecule has 1 unspecified atom stereocenters. The van der Waals surface area contributed by atoms with Crippen LogP contribution in [0.2, 0.25) is 0 Å². The topological polar surface area (TPSA) is 127 Å². The normalized spacial score (nSPS) is 12.4. The van der Waals surface area contributed by atoms with Gasteiger partial charge in [-0.2, -0.15) is 0 Å². The van der Waals surface area contributed by atoms with Crippen LogP contribution in [0.4, 0.5) is 0 Å². The summed E-state index contributed by atoms with van der Waals surface area (Å²) in [6.45, 7) is 1.70. The molecule has 1 heterocycles. The maximum atomic E-state index is 13.3. The van der Waals surface area contributed by atoms with Crippen LogP contribution >= 0.6 is 0 Å². The number of Topliss-reactive ketones (excluding diaryl/α,β-unsaturated/α-hetero) is 1. The molecule has 0 bridgehead atoms. The quantitative estimate of drug-likeness (QED) is 0.152. The molecule has 0 aliphatic heterocycles. The van der Waals surface area contributed by atoms with Crippen LogP contribution in [0.15, 0.2) is 60.1 Å². The summed E-state index contributed by atoms with van der Waals surface area (Å²) in [5.74, 6) is -5.19. The number of ketones is 1. The van der Waals surface area contributed by atoms with Crippen molar-refractivity contribution < 1.29 is 38.3 Å². The third-order valence-corrected chi connectivity index (χ3v) is 4.03. The molecule has 0 spiro atoms. The molecule has 0 saturated carbocycles. The fourth-order valence-corrected chi connectivity index (χ4v) is 2.63. The maximum Gasteiger partial charge on any atom is 0.340 e. The van der Waals surface area contributed by atoms with Crippen molar-refractivity contribution in [3.63, 3.8) is 0 Å². The molecule has 0 radical (unpaired) electrons. The van der Waals surface area contributed by atoms with Crippen molar-refractivity contribution in [2.45, 2.75) is 13.0 Å². The second-order valence-electron chi connectivity index (χ2n) is 5.84. The lowest BCUT2D eigenvalue weighted by atomic mass is 9.93. The van der Waals surface area contributed by atoms with Crippen molar-refractivity contribution in [2.75, 3.05) is 14.2 Å². The maximum absolute atomic E-state index is 13.3. The Morgan fingerprint density at radius 3 is 2.10 bits per heavy atom. The van der Waals surface area contributed by atoms with E-state index in [1.165, 1.54) is 29.2 Å². The van der Waals surface area contributed by atoms with Gasteiger partial charge in [-0.05, 0) is 0 Å². The van der Waals surface area contributed by atoms with Crippen molar-refractivity contribution in [2.24, 2.45) is 0 Å². The molecule has 1 atom stereocenters. The summed E-state index contributed by atoms with van der Waals surface area (Å²) in [5, 5.41) is 11.7. The van der Waals surface area contributed by atoms with Crippen LogP contribution in [0.25, 0.3) is 0 Å². The minimum atomic E-state index is -1.98. The largest absolute Gasteiger partial charge is 0.545 e. The molecule has 9 heteroatoms. The first-order valence-electron chi connectivity index (χ1n) is 8.36. The molecule has 0 aliphatic carbocycles. The summed E-state index contributed by atoms with van der Waals surface area (Å²) in [6, 6.07) is 7.85. The third-order valence-electron chi connectivity index (χ3n) is 4.03. The van der Waals surface area contributed by atoms with E-state index >= 15 is 0 Å². The number of aliphatic carboxylic acids is 1. The van der Waals surface area contributed by atoms with Gasteiger partial charge >= 0.3 is 11.9 Å². The zero-order chi connectivity index (χ0) is 21.6. The smallest absolute Gasteiger partial charge is 0.340 e. The highest BCUT2D eigenvalue weighted by Gasteiger charge is 2.39. The van der Waals surface area contributed by atoms with Gasteiger partial charge in [0.2, 0.25) is 5.78 Å². The van der Waals surface area contributed by atoms with Crippen LogP contribution in [0.1, 0.15) is 22.1 Å². The van der Waals surface area contributed by atoms with Crippen LogP contribution in [0, 0.1) is 6.92 Å². The number of aryl methyl sites for hydroxylation is 1. The van der Waals surface area contributed by atoms with Gasteiger partial charge in [0.25, 0.3) is 6.33 Å². The fraction of sp³-hybridized carbons (Fsp3) is 0.200. The lowest BCUT2D eigenvalue weighted by molar-refractivity contribution is -0.702. The van der Waals surface area contributed by atoms with E-state index in [2.05, 4.69) is 14.5 Å². The van der Waals surface area contributed by atoms with Gasteiger partial charge < -0.3 is 19.4 Å². The number of carbonyl (C=O) groups is 4. The number of carbonyl (C=O) groups excluding carboxylic acids is 4. The highest BCUT2D eigenvalue weighted by atomic mass is 16.5. The van der Waals surface area contributed by atoms with Gasteiger partial charge in [-0.25, -0.2) is 14.2 Å². The molecule has 2 rings (SSSR count).